The van der Waals surface area contributed by atoms with Crippen LogP contribution in [-0.2, 0) is 14.3 Å². The van der Waals surface area contributed by atoms with Gasteiger partial charge in [-0.3, -0.25) is 4.79 Å². The molecule has 1 aromatic rings. The number of carbonyl (C=O) groups is 2. The summed E-state index contributed by atoms with van der Waals surface area (Å²) in [6, 6.07) is 7.19. The minimum absolute atomic E-state index is 0.0415. The standard InChI is InChI=1S/C14H16F3NO4/c1-3-21-12(20)13(22-4-2,14(15,16)17)18-11(19)10-8-6-5-7-9-10/h5-9H,3-4H2,1-2H3,(H,18,19)/t13-/m0/s1. The van der Waals surface area contributed by atoms with Crippen LogP contribution in [0.5, 0.6) is 0 Å². The predicted octanol–water partition coefficient (Wildman–Crippen LogP) is 2.27. The van der Waals surface area contributed by atoms with Crippen molar-refractivity contribution in [3.8, 4) is 0 Å². The number of esters is 1. The van der Waals surface area contributed by atoms with E-state index in [0.717, 1.165) is 0 Å². The lowest BCUT2D eigenvalue weighted by molar-refractivity contribution is -0.283. The van der Waals surface area contributed by atoms with Gasteiger partial charge in [0.15, 0.2) is 0 Å². The zero-order valence-electron chi connectivity index (χ0n) is 12.1. The van der Waals surface area contributed by atoms with Crippen molar-refractivity contribution in [2.45, 2.75) is 25.7 Å². The lowest BCUT2D eigenvalue weighted by Crippen LogP contribution is -2.66. The molecule has 1 N–H and O–H groups in total. The number of rotatable bonds is 6. The summed E-state index contributed by atoms with van der Waals surface area (Å²) in [4.78, 5) is 23.8. The molecule has 1 rings (SSSR count). The summed E-state index contributed by atoms with van der Waals surface area (Å²) >= 11 is 0. The zero-order chi connectivity index (χ0) is 16.8. The van der Waals surface area contributed by atoms with Crippen molar-refractivity contribution in [2.75, 3.05) is 13.2 Å². The highest BCUT2D eigenvalue weighted by molar-refractivity contribution is 5.98. The van der Waals surface area contributed by atoms with Crippen LogP contribution in [0.2, 0.25) is 0 Å². The van der Waals surface area contributed by atoms with Gasteiger partial charge in [-0.05, 0) is 26.0 Å². The van der Waals surface area contributed by atoms with Crippen molar-refractivity contribution in [3.05, 3.63) is 35.9 Å². The first-order valence-electron chi connectivity index (χ1n) is 6.54. The number of nitrogens with one attached hydrogen (secondary N) is 1. The van der Waals surface area contributed by atoms with E-state index >= 15 is 0 Å². The number of benzene rings is 1. The molecule has 122 valence electrons. The smallest absolute Gasteiger partial charge is 0.448 e. The number of halogens is 3. The van der Waals surface area contributed by atoms with Gasteiger partial charge in [-0.25, -0.2) is 4.79 Å². The van der Waals surface area contributed by atoms with Gasteiger partial charge in [0, 0.05) is 12.2 Å². The molecule has 0 heterocycles. The van der Waals surface area contributed by atoms with E-state index in [4.69, 9.17) is 0 Å². The third-order valence-electron chi connectivity index (χ3n) is 2.65. The Morgan fingerprint density at radius 3 is 2.14 bits per heavy atom. The molecule has 0 unspecified atom stereocenters. The Bertz CT molecular complexity index is 519. The van der Waals surface area contributed by atoms with Crippen LogP contribution in [0, 0.1) is 0 Å². The van der Waals surface area contributed by atoms with Crippen molar-refractivity contribution in [2.24, 2.45) is 0 Å². The maximum absolute atomic E-state index is 13.4. The lowest BCUT2D eigenvalue weighted by atomic mass is 10.1. The molecule has 0 saturated carbocycles. The molecule has 1 atom stereocenters. The summed E-state index contributed by atoms with van der Waals surface area (Å²) in [5.74, 6) is -2.81. The average Bonchev–Trinajstić information content (AvgIpc) is 2.46. The number of ether oxygens (including phenoxy) is 2. The van der Waals surface area contributed by atoms with Crippen LogP contribution in [0.3, 0.4) is 0 Å². The molecule has 0 radical (unpaired) electrons. The summed E-state index contributed by atoms with van der Waals surface area (Å²) < 4.78 is 49.1. The molecule has 0 aliphatic heterocycles. The van der Waals surface area contributed by atoms with E-state index < -0.39 is 30.4 Å². The minimum atomic E-state index is -5.18. The lowest BCUT2D eigenvalue weighted by Gasteiger charge is -2.33. The Hall–Kier alpha value is -2.09. The highest BCUT2D eigenvalue weighted by Gasteiger charge is 2.64. The van der Waals surface area contributed by atoms with Crippen molar-refractivity contribution >= 4 is 11.9 Å². The molecule has 8 heteroatoms. The third kappa shape index (κ3) is 3.76. The Morgan fingerprint density at radius 2 is 1.68 bits per heavy atom. The third-order valence-corrected chi connectivity index (χ3v) is 2.65. The maximum Gasteiger partial charge on any atom is 0.448 e. The fourth-order valence-electron chi connectivity index (χ4n) is 1.69. The van der Waals surface area contributed by atoms with Gasteiger partial charge in [0.05, 0.1) is 6.61 Å². The summed E-state index contributed by atoms with van der Waals surface area (Å²) in [5, 5.41) is 1.61. The number of hydrogen-bond acceptors (Lipinski definition) is 4. The molecule has 0 aliphatic carbocycles. The van der Waals surface area contributed by atoms with E-state index in [1.807, 2.05) is 0 Å². The molecule has 0 aromatic heterocycles. The average molecular weight is 319 g/mol. The fourth-order valence-corrected chi connectivity index (χ4v) is 1.69. The molecule has 0 bridgehead atoms. The molecular weight excluding hydrogens is 303 g/mol. The summed E-state index contributed by atoms with van der Waals surface area (Å²) in [6.07, 6.45) is -5.18. The Kier molecular flexibility index (Phi) is 5.92. The SMILES string of the molecule is CCOC(=O)[C@](NC(=O)c1ccccc1)(OCC)C(F)(F)F. The highest BCUT2D eigenvalue weighted by Crippen LogP contribution is 2.33. The molecular formula is C14H16F3NO4. The molecule has 5 nitrogen and oxygen atoms in total. The number of hydrogen-bond donors (Lipinski definition) is 1. The summed E-state index contributed by atoms with van der Waals surface area (Å²) in [7, 11) is 0. The van der Waals surface area contributed by atoms with Crippen LogP contribution in [-0.4, -0.2) is 37.0 Å². The van der Waals surface area contributed by atoms with Gasteiger partial charge in [-0.15, -0.1) is 0 Å². The quantitative estimate of drug-likeness (QED) is 0.645. The van der Waals surface area contributed by atoms with E-state index in [0.29, 0.717) is 0 Å². The molecule has 0 saturated heterocycles. The Balaban J connectivity index is 3.19. The molecule has 22 heavy (non-hydrogen) atoms. The van der Waals surface area contributed by atoms with Gasteiger partial charge in [0.25, 0.3) is 5.91 Å². The van der Waals surface area contributed by atoms with Gasteiger partial charge < -0.3 is 14.8 Å². The molecule has 0 aliphatic rings. The van der Waals surface area contributed by atoms with Crippen molar-refractivity contribution in [1.29, 1.82) is 0 Å². The van der Waals surface area contributed by atoms with Gasteiger partial charge in [0.2, 0.25) is 0 Å². The monoisotopic (exact) mass is 319 g/mol. The van der Waals surface area contributed by atoms with Crippen molar-refractivity contribution < 1.29 is 32.2 Å². The van der Waals surface area contributed by atoms with Gasteiger partial charge in [-0.1, -0.05) is 18.2 Å². The Labute approximate surface area is 125 Å². The van der Waals surface area contributed by atoms with Gasteiger partial charge in [0.1, 0.15) is 0 Å². The molecule has 1 aromatic carbocycles. The Morgan fingerprint density at radius 1 is 1.09 bits per heavy atom. The second-order valence-electron chi connectivity index (χ2n) is 4.15. The van der Waals surface area contributed by atoms with Crippen LogP contribution in [0.4, 0.5) is 13.2 Å². The normalized spacial score (nSPS) is 14.0. The van der Waals surface area contributed by atoms with Crippen LogP contribution in [0.15, 0.2) is 30.3 Å². The number of carbonyl (C=O) groups excluding carboxylic acids is 2. The molecule has 0 spiro atoms. The number of amides is 1. The van der Waals surface area contributed by atoms with Crippen LogP contribution >= 0.6 is 0 Å². The minimum Gasteiger partial charge on any atom is -0.462 e. The zero-order valence-corrected chi connectivity index (χ0v) is 12.1. The van der Waals surface area contributed by atoms with Crippen molar-refractivity contribution in [1.82, 2.24) is 5.32 Å². The van der Waals surface area contributed by atoms with Crippen LogP contribution in [0.25, 0.3) is 0 Å². The van der Waals surface area contributed by atoms with E-state index in [2.05, 4.69) is 9.47 Å². The van der Waals surface area contributed by atoms with Crippen LogP contribution < -0.4 is 5.32 Å². The van der Waals surface area contributed by atoms with Gasteiger partial charge >= 0.3 is 17.9 Å². The highest BCUT2D eigenvalue weighted by atomic mass is 19.4. The topological polar surface area (TPSA) is 64.6 Å². The first-order valence-corrected chi connectivity index (χ1v) is 6.54. The summed E-state index contributed by atoms with van der Waals surface area (Å²) in [6.45, 7) is 1.89. The maximum atomic E-state index is 13.4. The first kappa shape index (κ1) is 18.0. The number of alkyl halides is 3. The predicted molar refractivity (Wildman–Crippen MR) is 71.0 cm³/mol. The second kappa shape index (κ2) is 7.26. The van der Waals surface area contributed by atoms with E-state index in [1.165, 1.54) is 38.1 Å². The molecule has 0 fully saturated rings. The van der Waals surface area contributed by atoms with E-state index in [1.54, 1.807) is 11.4 Å². The van der Waals surface area contributed by atoms with Crippen LogP contribution in [0.1, 0.15) is 24.2 Å². The summed E-state index contributed by atoms with van der Waals surface area (Å²) in [5.41, 5.74) is -3.58. The van der Waals surface area contributed by atoms with E-state index in [-0.39, 0.29) is 12.2 Å². The largest absolute Gasteiger partial charge is 0.462 e. The first-order chi connectivity index (χ1) is 10.3. The molecule has 1 amide bonds. The second-order valence-corrected chi connectivity index (χ2v) is 4.15. The van der Waals surface area contributed by atoms with E-state index in [9.17, 15) is 22.8 Å². The van der Waals surface area contributed by atoms with Crippen molar-refractivity contribution in [3.63, 3.8) is 0 Å². The fraction of sp³-hybridized carbons (Fsp3) is 0.429. The van der Waals surface area contributed by atoms with Gasteiger partial charge in [-0.2, -0.15) is 13.2 Å².